The van der Waals surface area contributed by atoms with Crippen LogP contribution in [0.2, 0.25) is 0 Å². The van der Waals surface area contributed by atoms with Crippen LogP contribution < -0.4 is 10.1 Å². The van der Waals surface area contributed by atoms with Gasteiger partial charge in [0.15, 0.2) is 0 Å². The van der Waals surface area contributed by atoms with Crippen LogP contribution in [0.4, 0.5) is 0 Å². The average molecular weight is 389 g/mol. The van der Waals surface area contributed by atoms with Gasteiger partial charge < -0.3 is 14.8 Å². The molecule has 1 aromatic heterocycles. The first-order chi connectivity index (χ1) is 14.1. The minimum atomic E-state index is -0.479. The van der Waals surface area contributed by atoms with Gasteiger partial charge in [-0.1, -0.05) is 6.07 Å². The highest BCUT2D eigenvalue weighted by molar-refractivity contribution is 5.97. The molecule has 1 N–H and O–H groups in total. The van der Waals surface area contributed by atoms with E-state index in [9.17, 15) is 9.59 Å². The van der Waals surface area contributed by atoms with E-state index in [1.165, 1.54) is 13.2 Å². The number of hydrogen-bond acceptors (Lipinski definition) is 6. The van der Waals surface area contributed by atoms with Crippen LogP contribution in [0.3, 0.4) is 0 Å². The molecule has 2 aromatic carbocycles. The molecule has 1 aliphatic heterocycles. The van der Waals surface area contributed by atoms with E-state index in [0.29, 0.717) is 24.1 Å². The number of carbonyl (C=O) groups is 2. The van der Waals surface area contributed by atoms with Crippen molar-refractivity contribution in [3.63, 3.8) is 0 Å². The van der Waals surface area contributed by atoms with E-state index in [-0.39, 0.29) is 12.0 Å². The molecule has 0 saturated heterocycles. The zero-order valence-corrected chi connectivity index (χ0v) is 15.8. The average Bonchev–Trinajstić information content (AvgIpc) is 3.19. The van der Waals surface area contributed by atoms with Crippen molar-refractivity contribution in [1.82, 2.24) is 15.3 Å². The molecule has 0 bridgehead atoms. The van der Waals surface area contributed by atoms with E-state index in [1.807, 2.05) is 18.2 Å². The van der Waals surface area contributed by atoms with Crippen molar-refractivity contribution in [3.05, 3.63) is 77.7 Å². The van der Waals surface area contributed by atoms with Crippen molar-refractivity contribution in [2.24, 2.45) is 0 Å². The van der Waals surface area contributed by atoms with Gasteiger partial charge in [0.25, 0.3) is 5.91 Å². The predicted molar refractivity (Wildman–Crippen MR) is 106 cm³/mol. The van der Waals surface area contributed by atoms with Gasteiger partial charge in [-0.25, -0.2) is 4.79 Å². The molecule has 1 aliphatic rings. The van der Waals surface area contributed by atoms with Crippen molar-refractivity contribution in [2.45, 2.75) is 12.5 Å². The monoisotopic (exact) mass is 389 g/mol. The summed E-state index contributed by atoms with van der Waals surface area (Å²) in [5, 5.41) is 2.87. The second kappa shape index (κ2) is 8.10. The third kappa shape index (κ3) is 4.08. The zero-order valence-electron chi connectivity index (χ0n) is 15.8. The lowest BCUT2D eigenvalue weighted by Crippen LogP contribution is -2.34. The summed E-state index contributed by atoms with van der Waals surface area (Å²) in [6.45, 7) is 0.358. The summed E-state index contributed by atoms with van der Waals surface area (Å²) < 4.78 is 10.6. The fraction of sp³-hybridized carbons (Fsp3) is 0.182. The van der Waals surface area contributed by atoms with Gasteiger partial charge >= 0.3 is 5.97 Å². The van der Waals surface area contributed by atoms with Crippen LogP contribution in [0.5, 0.6) is 5.75 Å². The maximum Gasteiger partial charge on any atom is 0.337 e. The molecule has 0 fully saturated rings. The molecule has 0 radical (unpaired) electrons. The molecule has 3 aromatic rings. The lowest BCUT2D eigenvalue weighted by atomic mass is 10.0. The highest BCUT2D eigenvalue weighted by Gasteiger charge is 2.24. The largest absolute Gasteiger partial charge is 0.488 e. The van der Waals surface area contributed by atoms with Gasteiger partial charge in [0.05, 0.1) is 31.1 Å². The second-order valence-electron chi connectivity index (χ2n) is 6.64. The molecule has 146 valence electrons. The van der Waals surface area contributed by atoms with Gasteiger partial charge in [0.2, 0.25) is 0 Å². The highest BCUT2D eigenvalue weighted by atomic mass is 16.5. The lowest BCUT2D eigenvalue weighted by molar-refractivity contribution is 0.0600. The SMILES string of the molecule is COC(=O)c1cccc(C(=O)NCC2Cc3cc(-c4cnccn4)ccc3O2)c1. The van der Waals surface area contributed by atoms with Crippen LogP contribution in [0.1, 0.15) is 26.3 Å². The van der Waals surface area contributed by atoms with Gasteiger partial charge in [-0.2, -0.15) is 0 Å². The minimum absolute atomic E-state index is 0.158. The zero-order chi connectivity index (χ0) is 20.2. The van der Waals surface area contributed by atoms with Crippen LogP contribution in [0.15, 0.2) is 61.1 Å². The van der Waals surface area contributed by atoms with Gasteiger partial charge in [0.1, 0.15) is 11.9 Å². The number of methoxy groups -OCH3 is 1. The van der Waals surface area contributed by atoms with Crippen LogP contribution in [-0.2, 0) is 11.2 Å². The minimum Gasteiger partial charge on any atom is -0.488 e. The van der Waals surface area contributed by atoms with Crippen molar-refractivity contribution in [1.29, 1.82) is 0 Å². The Hall–Kier alpha value is -3.74. The third-order valence-corrected chi connectivity index (χ3v) is 4.70. The summed E-state index contributed by atoms with van der Waals surface area (Å²) in [5.41, 5.74) is 3.58. The summed E-state index contributed by atoms with van der Waals surface area (Å²) in [5.74, 6) is 0.0632. The van der Waals surface area contributed by atoms with Crippen LogP contribution in [0, 0.1) is 0 Å². The Balaban J connectivity index is 1.38. The summed E-state index contributed by atoms with van der Waals surface area (Å²) in [7, 11) is 1.31. The van der Waals surface area contributed by atoms with Crippen LogP contribution in [-0.4, -0.2) is 41.6 Å². The molecular weight excluding hydrogens is 370 g/mol. The Labute approximate surface area is 167 Å². The maximum atomic E-state index is 12.4. The Morgan fingerprint density at radius 2 is 2.03 bits per heavy atom. The quantitative estimate of drug-likeness (QED) is 0.675. The summed E-state index contributed by atoms with van der Waals surface area (Å²) in [6.07, 6.45) is 5.55. The molecule has 0 spiro atoms. The second-order valence-corrected chi connectivity index (χ2v) is 6.64. The molecule has 1 atom stereocenters. The van der Waals surface area contributed by atoms with E-state index in [2.05, 4.69) is 15.3 Å². The number of nitrogens with one attached hydrogen (secondary N) is 1. The Morgan fingerprint density at radius 3 is 2.83 bits per heavy atom. The first kappa shape index (κ1) is 18.6. The number of esters is 1. The Morgan fingerprint density at radius 1 is 1.17 bits per heavy atom. The fourth-order valence-corrected chi connectivity index (χ4v) is 3.26. The number of fused-ring (bicyclic) bond motifs is 1. The fourth-order valence-electron chi connectivity index (χ4n) is 3.26. The molecule has 29 heavy (non-hydrogen) atoms. The van der Waals surface area contributed by atoms with E-state index >= 15 is 0 Å². The van der Waals surface area contributed by atoms with Crippen LogP contribution >= 0.6 is 0 Å². The standard InChI is InChI=1S/C22H19N3O4/c1-28-22(27)16-4-2-3-15(10-16)21(26)25-12-18-11-17-9-14(5-6-20(17)29-18)19-13-23-7-8-24-19/h2-10,13,18H,11-12H2,1H3,(H,25,26). The molecule has 7 heteroatoms. The number of aromatic nitrogens is 2. The predicted octanol–water partition coefficient (Wildman–Crippen LogP) is 2.66. The molecule has 2 heterocycles. The highest BCUT2D eigenvalue weighted by Crippen LogP contribution is 2.32. The van der Waals surface area contributed by atoms with E-state index in [1.54, 1.807) is 36.8 Å². The molecule has 1 unspecified atom stereocenters. The first-order valence-corrected chi connectivity index (χ1v) is 9.16. The summed E-state index contributed by atoms with van der Waals surface area (Å²) >= 11 is 0. The van der Waals surface area contributed by atoms with Gasteiger partial charge in [-0.05, 0) is 42.0 Å². The number of rotatable bonds is 5. The summed E-state index contributed by atoms with van der Waals surface area (Å²) in [4.78, 5) is 32.5. The summed E-state index contributed by atoms with van der Waals surface area (Å²) in [6, 6.07) is 12.3. The Bertz CT molecular complexity index is 1050. The molecule has 1 amide bonds. The van der Waals surface area contributed by atoms with E-state index in [4.69, 9.17) is 9.47 Å². The number of amides is 1. The third-order valence-electron chi connectivity index (χ3n) is 4.70. The van der Waals surface area contributed by atoms with Gasteiger partial charge in [-0.15, -0.1) is 0 Å². The molecule has 4 rings (SSSR count). The molecule has 0 aliphatic carbocycles. The molecule has 0 saturated carbocycles. The first-order valence-electron chi connectivity index (χ1n) is 9.16. The number of ether oxygens (including phenoxy) is 2. The molecule has 7 nitrogen and oxygen atoms in total. The van der Waals surface area contributed by atoms with Crippen molar-refractivity contribution in [2.75, 3.05) is 13.7 Å². The maximum absolute atomic E-state index is 12.4. The topological polar surface area (TPSA) is 90.4 Å². The van der Waals surface area contributed by atoms with Crippen molar-refractivity contribution < 1.29 is 19.1 Å². The van der Waals surface area contributed by atoms with Crippen molar-refractivity contribution in [3.8, 4) is 17.0 Å². The number of hydrogen-bond donors (Lipinski definition) is 1. The smallest absolute Gasteiger partial charge is 0.337 e. The number of benzene rings is 2. The normalized spacial score (nSPS) is 14.6. The molecular formula is C22H19N3O4. The Kier molecular flexibility index (Phi) is 5.20. The van der Waals surface area contributed by atoms with Crippen molar-refractivity contribution >= 4 is 11.9 Å². The lowest BCUT2D eigenvalue weighted by Gasteiger charge is -2.12. The number of carbonyl (C=O) groups excluding carboxylic acids is 2. The van der Waals surface area contributed by atoms with Gasteiger partial charge in [-0.3, -0.25) is 14.8 Å². The van der Waals surface area contributed by atoms with E-state index in [0.717, 1.165) is 22.6 Å². The van der Waals surface area contributed by atoms with Crippen LogP contribution in [0.25, 0.3) is 11.3 Å². The van der Waals surface area contributed by atoms with E-state index < -0.39 is 5.97 Å². The van der Waals surface area contributed by atoms with Gasteiger partial charge in [0, 0.05) is 29.9 Å². The number of nitrogens with zero attached hydrogens (tertiary/aromatic N) is 2.